The molecule has 1 N–H and O–H groups in total. The van der Waals surface area contributed by atoms with Crippen molar-refractivity contribution in [3.63, 3.8) is 0 Å². The first kappa shape index (κ1) is 18.7. The highest BCUT2D eigenvalue weighted by Crippen LogP contribution is 2.39. The van der Waals surface area contributed by atoms with E-state index < -0.39 is 5.92 Å². The minimum atomic E-state index is -0.463. The van der Waals surface area contributed by atoms with Gasteiger partial charge >= 0.3 is 0 Å². The van der Waals surface area contributed by atoms with Crippen molar-refractivity contribution in [2.24, 2.45) is 0 Å². The highest BCUT2D eigenvalue weighted by atomic mass is 16.5. The number of fused-ring (bicyclic) bond motifs is 2. The first-order valence-electron chi connectivity index (χ1n) is 10.4. The van der Waals surface area contributed by atoms with Gasteiger partial charge in [0.25, 0.3) is 0 Å². The number of benzene rings is 2. The van der Waals surface area contributed by atoms with Crippen LogP contribution in [0, 0.1) is 0 Å². The average molecular weight is 403 g/mol. The Morgan fingerprint density at radius 1 is 1.07 bits per heavy atom. The molecule has 2 aromatic rings. The molecule has 3 aliphatic rings. The summed E-state index contributed by atoms with van der Waals surface area (Å²) in [6.07, 6.45) is 4.65. The van der Waals surface area contributed by atoms with Crippen LogP contribution < -0.4 is 10.2 Å². The lowest BCUT2D eigenvalue weighted by atomic mass is 9.88. The van der Waals surface area contributed by atoms with Crippen LogP contribution in [0.5, 0.6) is 0 Å². The number of carbonyl (C=O) groups is 2. The largest absolute Gasteiger partial charge is 0.498 e. The third-order valence-electron chi connectivity index (χ3n) is 6.44. The Morgan fingerprint density at radius 3 is 2.63 bits per heavy atom. The number of nitrogens with one attached hydrogen (secondary N) is 1. The number of amides is 2. The molecule has 0 spiro atoms. The Balaban J connectivity index is 1.43. The van der Waals surface area contributed by atoms with Crippen molar-refractivity contribution in [2.45, 2.75) is 30.8 Å². The van der Waals surface area contributed by atoms with E-state index in [-0.39, 0.29) is 30.3 Å². The molecule has 0 aromatic heterocycles. The number of hydrogen-bond donors (Lipinski definition) is 1. The Bertz CT molecular complexity index is 1020. The highest BCUT2D eigenvalue weighted by Gasteiger charge is 2.40. The molecule has 2 aliphatic heterocycles. The average Bonchev–Trinajstić information content (AvgIpc) is 3.14. The zero-order chi connectivity index (χ0) is 20.7. The molecular weight excluding hydrogens is 378 g/mol. The zero-order valence-electron chi connectivity index (χ0n) is 17.0. The monoisotopic (exact) mass is 403 g/mol. The summed E-state index contributed by atoms with van der Waals surface area (Å²) in [5, 5.41) is 3.29. The fourth-order valence-corrected chi connectivity index (χ4v) is 4.93. The Morgan fingerprint density at radius 2 is 1.83 bits per heavy atom. The number of ether oxygens (including phenoxy) is 1. The highest BCUT2D eigenvalue weighted by molar-refractivity contribution is 6.02. The lowest BCUT2D eigenvalue weighted by Gasteiger charge is -2.36. The van der Waals surface area contributed by atoms with E-state index in [1.165, 1.54) is 11.1 Å². The molecule has 0 bridgehead atoms. The predicted molar refractivity (Wildman–Crippen MR) is 114 cm³/mol. The topological polar surface area (TPSA) is 61.9 Å². The van der Waals surface area contributed by atoms with Gasteiger partial charge in [-0.25, -0.2) is 0 Å². The van der Waals surface area contributed by atoms with Crippen LogP contribution in [0.3, 0.4) is 0 Å². The summed E-state index contributed by atoms with van der Waals surface area (Å²) in [7, 11) is 1.77. The summed E-state index contributed by atoms with van der Waals surface area (Å²) in [5.74, 6) is -0.574. The van der Waals surface area contributed by atoms with Crippen LogP contribution in [-0.2, 0) is 20.7 Å². The van der Waals surface area contributed by atoms with Crippen molar-refractivity contribution in [3.8, 4) is 0 Å². The third kappa shape index (κ3) is 3.12. The summed E-state index contributed by atoms with van der Waals surface area (Å²) in [5.41, 5.74) is 4.23. The van der Waals surface area contributed by atoms with Gasteiger partial charge in [0.15, 0.2) is 0 Å². The van der Waals surface area contributed by atoms with E-state index in [1.54, 1.807) is 18.2 Å². The fraction of sp³-hybridized carbons (Fsp3) is 0.333. The summed E-state index contributed by atoms with van der Waals surface area (Å²) in [6.45, 7) is 1.41. The van der Waals surface area contributed by atoms with Gasteiger partial charge in [0.2, 0.25) is 11.8 Å². The maximum atomic E-state index is 13.4. The molecule has 2 amide bonds. The van der Waals surface area contributed by atoms with Crippen LogP contribution in [0.2, 0.25) is 0 Å². The fourth-order valence-electron chi connectivity index (χ4n) is 4.93. The number of rotatable bonds is 3. The number of carbonyl (C=O) groups excluding carboxylic acids is 2. The van der Waals surface area contributed by atoms with Gasteiger partial charge in [-0.15, -0.1) is 0 Å². The Kier molecular flexibility index (Phi) is 4.69. The van der Waals surface area contributed by atoms with Crippen LogP contribution in [0.25, 0.3) is 0 Å². The standard InChI is InChI=1S/C24H25N3O3/c1-26-21-9-5-4-8-18(21)19(15-22(26)28)24(29)25-20-14-16-6-2-3-7-17(16)23(20)27-10-12-30-13-11-27/h2-10,12,19-20,23H,11,13-15H2,1H3,(H,25,29)/t19-,20?,23?/m0/s1. The summed E-state index contributed by atoms with van der Waals surface area (Å²) < 4.78 is 5.37. The van der Waals surface area contributed by atoms with Crippen molar-refractivity contribution in [1.29, 1.82) is 0 Å². The summed E-state index contributed by atoms with van der Waals surface area (Å²) >= 11 is 0. The van der Waals surface area contributed by atoms with Gasteiger partial charge in [-0.05, 0) is 29.2 Å². The van der Waals surface area contributed by atoms with Gasteiger partial charge in [0.05, 0.1) is 30.8 Å². The summed E-state index contributed by atoms with van der Waals surface area (Å²) in [4.78, 5) is 29.8. The van der Waals surface area contributed by atoms with Gasteiger partial charge in [0, 0.05) is 25.4 Å². The van der Waals surface area contributed by atoms with E-state index in [4.69, 9.17) is 4.74 Å². The van der Waals surface area contributed by atoms with E-state index in [9.17, 15) is 9.59 Å². The molecule has 0 saturated carbocycles. The van der Waals surface area contributed by atoms with E-state index in [2.05, 4.69) is 22.3 Å². The molecule has 5 rings (SSSR count). The number of anilines is 1. The van der Waals surface area contributed by atoms with Gasteiger partial charge in [-0.1, -0.05) is 42.5 Å². The zero-order valence-corrected chi connectivity index (χ0v) is 17.0. The smallest absolute Gasteiger partial charge is 0.228 e. The molecule has 0 saturated heterocycles. The van der Waals surface area contributed by atoms with Gasteiger partial charge in [0.1, 0.15) is 6.61 Å². The second-order valence-corrected chi connectivity index (χ2v) is 8.12. The quantitative estimate of drug-likeness (QED) is 0.856. The van der Waals surface area contributed by atoms with Crippen molar-refractivity contribution < 1.29 is 14.3 Å². The van der Waals surface area contributed by atoms with Crippen LogP contribution >= 0.6 is 0 Å². The first-order chi connectivity index (χ1) is 14.6. The molecule has 1 aliphatic carbocycles. The van der Waals surface area contributed by atoms with E-state index >= 15 is 0 Å². The Hall–Kier alpha value is -3.28. The Labute approximate surface area is 176 Å². The minimum absolute atomic E-state index is 0.0313. The lowest BCUT2D eigenvalue weighted by Crippen LogP contribution is -2.47. The van der Waals surface area contributed by atoms with Crippen LogP contribution in [0.1, 0.15) is 35.1 Å². The lowest BCUT2D eigenvalue weighted by molar-refractivity contribution is -0.127. The molecule has 3 atom stereocenters. The normalized spacial score (nSPS) is 24.8. The molecule has 0 radical (unpaired) electrons. The molecule has 0 fully saturated rings. The SMILES string of the molecule is CN1C(=O)C[C@H](C(=O)NC2Cc3ccccc3C2N2C=COCC2)c2ccccc21. The van der Waals surface area contributed by atoms with Crippen molar-refractivity contribution in [1.82, 2.24) is 10.2 Å². The van der Waals surface area contributed by atoms with Gasteiger partial charge in [-0.3, -0.25) is 9.59 Å². The van der Waals surface area contributed by atoms with Crippen molar-refractivity contribution in [2.75, 3.05) is 25.1 Å². The van der Waals surface area contributed by atoms with Crippen molar-refractivity contribution >= 4 is 17.5 Å². The molecule has 30 heavy (non-hydrogen) atoms. The molecular formula is C24H25N3O3. The van der Waals surface area contributed by atoms with Crippen LogP contribution in [0.15, 0.2) is 61.0 Å². The van der Waals surface area contributed by atoms with E-state index in [0.29, 0.717) is 6.61 Å². The predicted octanol–water partition coefficient (Wildman–Crippen LogP) is 2.72. The number of para-hydroxylation sites is 1. The van der Waals surface area contributed by atoms with E-state index in [1.807, 2.05) is 42.6 Å². The molecule has 2 unspecified atom stereocenters. The van der Waals surface area contributed by atoms with Crippen LogP contribution in [-0.4, -0.2) is 43.0 Å². The maximum absolute atomic E-state index is 13.4. The summed E-state index contributed by atoms with van der Waals surface area (Å²) in [6, 6.07) is 16.0. The second kappa shape index (κ2) is 7.52. The molecule has 2 aromatic carbocycles. The van der Waals surface area contributed by atoms with Gasteiger partial charge < -0.3 is 19.9 Å². The van der Waals surface area contributed by atoms with Crippen molar-refractivity contribution in [3.05, 3.63) is 77.7 Å². The number of hydrogen-bond acceptors (Lipinski definition) is 4. The van der Waals surface area contributed by atoms with Crippen LogP contribution in [0.4, 0.5) is 5.69 Å². The third-order valence-corrected chi connectivity index (χ3v) is 6.44. The molecule has 6 nitrogen and oxygen atoms in total. The minimum Gasteiger partial charge on any atom is -0.498 e. The van der Waals surface area contributed by atoms with Gasteiger partial charge in [-0.2, -0.15) is 0 Å². The van der Waals surface area contributed by atoms with E-state index in [0.717, 1.165) is 24.2 Å². The first-order valence-corrected chi connectivity index (χ1v) is 10.4. The number of nitrogens with zero attached hydrogens (tertiary/aromatic N) is 2. The maximum Gasteiger partial charge on any atom is 0.228 e. The molecule has 2 heterocycles. The molecule has 6 heteroatoms. The second-order valence-electron chi connectivity index (χ2n) is 8.12. The molecule has 154 valence electrons.